The number of hydrogen-bond donors (Lipinski definition) is 3. The number of carboxylic acids is 1. The van der Waals surface area contributed by atoms with Crippen LogP contribution in [0.2, 0.25) is 0 Å². The molecule has 0 saturated heterocycles. The summed E-state index contributed by atoms with van der Waals surface area (Å²) in [6.45, 7) is 7.71. The van der Waals surface area contributed by atoms with Gasteiger partial charge in [0.1, 0.15) is 0 Å². The predicted molar refractivity (Wildman–Crippen MR) is 71.4 cm³/mol. The molecule has 0 heterocycles. The second-order valence-electron chi connectivity index (χ2n) is 5.07. The average Bonchev–Trinajstić information content (AvgIpc) is 2.25. The first-order valence-electron chi connectivity index (χ1n) is 6.64. The Morgan fingerprint density at radius 1 is 1.28 bits per heavy atom. The molecule has 0 aromatic heterocycles. The average molecular weight is 258 g/mol. The molecule has 0 fully saturated rings. The van der Waals surface area contributed by atoms with E-state index in [-0.39, 0.29) is 18.2 Å². The van der Waals surface area contributed by atoms with Crippen LogP contribution in [0.1, 0.15) is 40.0 Å². The molecule has 3 N–H and O–H groups in total. The van der Waals surface area contributed by atoms with Crippen LogP contribution in [-0.4, -0.2) is 36.6 Å². The van der Waals surface area contributed by atoms with E-state index in [1.165, 1.54) is 0 Å². The number of aliphatic carboxylic acids is 1. The van der Waals surface area contributed by atoms with Gasteiger partial charge in [-0.05, 0) is 31.2 Å². The molecule has 18 heavy (non-hydrogen) atoms. The number of hydrogen-bond acceptors (Lipinski definition) is 3. The minimum Gasteiger partial charge on any atom is -0.481 e. The Morgan fingerprint density at radius 2 is 1.94 bits per heavy atom. The molecule has 5 nitrogen and oxygen atoms in total. The molecule has 0 bridgehead atoms. The molecule has 0 saturated carbocycles. The van der Waals surface area contributed by atoms with Gasteiger partial charge in [0.05, 0.1) is 6.54 Å². The minimum atomic E-state index is -0.806. The van der Waals surface area contributed by atoms with E-state index in [9.17, 15) is 9.59 Å². The van der Waals surface area contributed by atoms with Gasteiger partial charge in [0.25, 0.3) is 0 Å². The number of carbonyl (C=O) groups is 2. The lowest BCUT2D eigenvalue weighted by atomic mass is 9.94. The lowest BCUT2D eigenvalue weighted by Gasteiger charge is -2.17. The highest BCUT2D eigenvalue weighted by molar-refractivity contribution is 5.78. The summed E-state index contributed by atoms with van der Waals surface area (Å²) in [7, 11) is 0. The molecule has 0 aromatic carbocycles. The van der Waals surface area contributed by atoms with Gasteiger partial charge in [0.2, 0.25) is 5.91 Å². The molecule has 0 rings (SSSR count). The van der Waals surface area contributed by atoms with Crippen molar-refractivity contribution in [1.29, 1.82) is 0 Å². The molecule has 0 aliphatic rings. The zero-order valence-electron chi connectivity index (χ0n) is 11.7. The largest absolute Gasteiger partial charge is 0.481 e. The van der Waals surface area contributed by atoms with Crippen molar-refractivity contribution in [2.75, 3.05) is 19.6 Å². The molecule has 5 heteroatoms. The third-order valence-electron chi connectivity index (χ3n) is 2.57. The molecule has 1 atom stereocenters. The number of amides is 1. The summed E-state index contributed by atoms with van der Waals surface area (Å²) in [5, 5.41) is 14.6. The number of nitrogens with one attached hydrogen (secondary N) is 2. The van der Waals surface area contributed by atoms with Crippen LogP contribution in [0, 0.1) is 11.8 Å². The first-order chi connectivity index (χ1) is 8.45. The second-order valence-corrected chi connectivity index (χ2v) is 5.07. The van der Waals surface area contributed by atoms with Gasteiger partial charge in [-0.15, -0.1) is 0 Å². The molecule has 0 spiro atoms. The van der Waals surface area contributed by atoms with E-state index in [1.54, 1.807) is 0 Å². The topological polar surface area (TPSA) is 78.4 Å². The summed E-state index contributed by atoms with van der Waals surface area (Å²) < 4.78 is 0. The smallest absolute Gasteiger partial charge is 0.303 e. The van der Waals surface area contributed by atoms with Gasteiger partial charge in [-0.2, -0.15) is 0 Å². The first kappa shape index (κ1) is 16.9. The lowest BCUT2D eigenvalue weighted by molar-refractivity contribution is -0.138. The highest BCUT2D eigenvalue weighted by Gasteiger charge is 2.15. The molecule has 106 valence electrons. The second kappa shape index (κ2) is 9.88. The van der Waals surface area contributed by atoms with Crippen molar-refractivity contribution in [1.82, 2.24) is 10.6 Å². The van der Waals surface area contributed by atoms with Crippen LogP contribution in [0.5, 0.6) is 0 Å². The van der Waals surface area contributed by atoms with Gasteiger partial charge in [-0.3, -0.25) is 9.59 Å². The van der Waals surface area contributed by atoms with Gasteiger partial charge in [-0.25, -0.2) is 0 Å². The lowest BCUT2D eigenvalue weighted by Crippen LogP contribution is -2.37. The van der Waals surface area contributed by atoms with Gasteiger partial charge in [0, 0.05) is 13.0 Å². The maximum atomic E-state index is 11.5. The molecule has 0 aliphatic carbocycles. The van der Waals surface area contributed by atoms with Crippen LogP contribution < -0.4 is 10.6 Å². The molecule has 0 aromatic rings. The Hall–Kier alpha value is -1.10. The highest BCUT2D eigenvalue weighted by atomic mass is 16.4. The summed E-state index contributed by atoms with van der Waals surface area (Å²) in [6, 6.07) is 0. The van der Waals surface area contributed by atoms with Crippen LogP contribution >= 0.6 is 0 Å². The third-order valence-corrected chi connectivity index (χ3v) is 2.57. The standard InChI is InChI=1S/C13H26N2O3/c1-4-5-14-9-12(16)15-8-11(6-10(2)3)7-13(17)18/h10-11,14H,4-9H2,1-3H3,(H,15,16)(H,17,18)/t11-/m0/s1. The Morgan fingerprint density at radius 3 is 2.44 bits per heavy atom. The fourth-order valence-corrected chi connectivity index (χ4v) is 1.85. The SMILES string of the molecule is CCCNCC(=O)NC[C@H](CC(=O)O)CC(C)C. The van der Waals surface area contributed by atoms with E-state index in [0.29, 0.717) is 19.0 Å². The van der Waals surface area contributed by atoms with E-state index < -0.39 is 5.97 Å². The fraction of sp³-hybridized carbons (Fsp3) is 0.846. The summed E-state index contributed by atoms with van der Waals surface area (Å²) >= 11 is 0. The number of rotatable bonds is 10. The molecule has 1 amide bonds. The first-order valence-corrected chi connectivity index (χ1v) is 6.64. The Kier molecular flexibility index (Phi) is 9.28. The maximum absolute atomic E-state index is 11.5. The van der Waals surface area contributed by atoms with Crippen molar-refractivity contribution >= 4 is 11.9 Å². The molecule has 0 radical (unpaired) electrons. The van der Waals surface area contributed by atoms with Gasteiger partial charge >= 0.3 is 5.97 Å². The normalized spacial score (nSPS) is 12.4. The van der Waals surface area contributed by atoms with Crippen molar-refractivity contribution in [3.63, 3.8) is 0 Å². The van der Waals surface area contributed by atoms with Crippen LogP contribution in [0.25, 0.3) is 0 Å². The van der Waals surface area contributed by atoms with Gasteiger partial charge in [0.15, 0.2) is 0 Å². The third kappa shape index (κ3) is 10.1. The van der Waals surface area contributed by atoms with E-state index in [2.05, 4.69) is 24.5 Å². The molecular weight excluding hydrogens is 232 g/mol. The van der Waals surface area contributed by atoms with Crippen LogP contribution in [0.15, 0.2) is 0 Å². The summed E-state index contributed by atoms with van der Waals surface area (Å²) in [4.78, 5) is 22.2. The van der Waals surface area contributed by atoms with Gasteiger partial charge < -0.3 is 15.7 Å². The van der Waals surface area contributed by atoms with Crippen molar-refractivity contribution < 1.29 is 14.7 Å². The van der Waals surface area contributed by atoms with Crippen LogP contribution in [0.4, 0.5) is 0 Å². The van der Waals surface area contributed by atoms with E-state index >= 15 is 0 Å². The maximum Gasteiger partial charge on any atom is 0.303 e. The minimum absolute atomic E-state index is 0.0117. The molecule has 0 unspecified atom stereocenters. The summed E-state index contributed by atoms with van der Waals surface area (Å²) in [5.41, 5.74) is 0. The quantitative estimate of drug-likeness (QED) is 0.515. The molecule has 0 aliphatic heterocycles. The zero-order valence-corrected chi connectivity index (χ0v) is 11.7. The van der Waals surface area contributed by atoms with E-state index in [1.807, 2.05) is 6.92 Å². The van der Waals surface area contributed by atoms with Gasteiger partial charge in [-0.1, -0.05) is 20.8 Å². The fourth-order valence-electron chi connectivity index (χ4n) is 1.85. The van der Waals surface area contributed by atoms with Crippen molar-refractivity contribution in [3.05, 3.63) is 0 Å². The Balaban J connectivity index is 3.93. The highest BCUT2D eigenvalue weighted by Crippen LogP contribution is 2.14. The van der Waals surface area contributed by atoms with Crippen LogP contribution in [0.3, 0.4) is 0 Å². The monoisotopic (exact) mass is 258 g/mol. The summed E-state index contributed by atoms with van der Waals surface area (Å²) in [5.74, 6) is -0.427. The number of carboxylic acid groups (broad SMARTS) is 1. The Labute approximate surface area is 109 Å². The van der Waals surface area contributed by atoms with Crippen LogP contribution in [-0.2, 0) is 9.59 Å². The van der Waals surface area contributed by atoms with E-state index in [4.69, 9.17) is 5.11 Å². The zero-order chi connectivity index (χ0) is 14.0. The predicted octanol–water partition coefficient (Wildman–Crippen LogP) is 1.24. The molecular formula is C13H26N2O3. The van der Waals surface area contributed by atoms with E-state index in [0.717, 1.165) is 19.4 Å². The van der Waals surface area contributed by atoms with Crippen molar-refractivity contribution in [3.8, 4) is 0 Å². The number of carbonyl (C=O) groups excluding carboxylic acids is 1. The summed E-state index contributed by atoms with van der Waals surface area (Å²) in [6.07, 6.45) is 1.91. The Bertz CT molecular complexity index is 255. The van der Waals surface area contributed by atoms with Crippen molar-refractivity contribution in [2.24, 2.45) is 11.8 Å². The van der Waals surface area contributed by atoms with Crippen molar-refractivity contribution in [2.45, 2.75) is 40.0 Å².